The van der Waals surface area contributed by atoms with Gasteiger partial charge in [-0.2, -0.15) is 0 Å². The van der Waals surface area contributed by atoms with Crippen molar-refractivity contribution in [3.8, 4) is 0 Å². The summed E-state index contributed by atoms with van der Waals surface area (Å²) in [6.07, 6.45) is 5.80. The fourth-order valence-corrected chi connectivity index (χ4v) is 4.66. The Morgan fingerprint density at radius 3 is 2.53 bits per heavy atom. The molecule has 4 atom stereocenters. The molecule has 0 aromatic carbocycles. The molecule has 19 heavy (non-hydrogen) atoms. The first-order chi connectivity index (χ1) is 9.28. The number of nitrogens with one attached hydrogen (secondary N) is 1. The molecule has 4 rings (SSSR count). The Kier molecular flexibility index (Phi) is 4.45. The number of hydrogen-bond donors (Lipinski definition) is 1. The lowest BCUT2D eigenvalue weighted by molar-refractivity contribution is -0.0179. The molecule has 3 aliphatic heterocycles. The van der Waals surface area contributed by atoms with Gasteiger partial charge in [-0.1, -0.05) is 26.7 Å². The highest BCUT2D eigenvalue weighted by atomic mass is 15.4. The molecule has 3 heterocycles. The monoisotopic (exact) mass is 265 g/mol. The Labute approximate surface area is 118 Å². The number of fused-ring (bicyclic) bond motifs is 3. The van der Waals surface area contributed by atoms with E-state index in [1.165, 1.54) is 58.4 Å². The first kappa shape index (κ1) is 13.8. The minimum Gasteiger partial charge on any atom is -0.312 e. The van der Waals surface area contributed by atoms with Gasteiger partial charge < -0.3 is 5.32 Å². The molecular formula is C16H31N3. The summed E-state index contributed by atoms with van der Waals surface area (Å²) in [5, 5.41) is 3.86. The van der Waals surface area contributed by atoms with Crippen LogP contribution in [0.25, 0.3) is 0 Å². The molecule has 2 bridgehead atoms. The van der Waals surface area contributed by atoms with Gasteiger partial charge in [-0.05, 0) is 31.2 Å². The van der Waals surface area contributed by atoms with Crippen LogP contribution in [0.2, 0.25) is 0 Å². The van der Waals surface area contributed by atoms with E-state index in [2.05, 4.69) is 29.0 Å². The Morgan fingerprint density at radius 2 is 1.95 bits per heavy atom. The summed E-state index contributed by atoms with van der Waals surface area (Å²) >= 11 is 0. The van der Waals surface area contributed by atoms with Crippen LogP contribution < -0.4 is 5.32 Å². The largest absolute Gasteiger partial charge is 0.312 e. The lowest BCUT2D eigenvalue weighted by Gasteiger charge is -2.52. The van der Waals surface area contributed by atoms with Crippen molar-refractivity contribution < 1.29 is 0 Å². The highest BCUT2D eigenvalue weighted by Gasteiger charge is 2.40. The van der Waals surface area contributed by atoms with E-state index in [4.69, 9.17) is 0 Å². The van der Waals surface area contributed by atoms with E-state index in [0.717, 1.165) is 30.5 Å². The van der Waals surface area contributed by atoms with Gasteiger partial charge in [0.2, 0.25) is 0 Å². The summed E-state index contributed by atoms with van der Waals surface area (Å²) in [5.41, 5.74) is 0. The van der Waals surface area contributed by atoms with Gasteiger partial charge in [0.15, 0.2) is 0 Å². The summed E-state index contributed by atoms with van der Waals surface area (Å²) in [4.78, 5) is 5.45. The van der Waals surface area contributed by atoms with Crippen LogP contribution in [-0.2, 0) is 0 Å². The molecule has 4 aliphatic rings. The molecule has 0 amide bonds. The molecule has 1 saturated carbocycles. The molecule has 0 radical (unpaired) electrons. The van der Waals surface area contributed by atoms with Gasteiger partial charge in [0.1, 0.15) is 0 Å². The molecule has 1 aliphatic carbocycles. The Bertz CT molecular complexity index is 286. The number of rotatable bonds is 4. The van der Waals surface area contributed by atoms with Crippen LogP contribution in [0.3, 0.4) is 0 Å². The molecule has 110 valence electrons. The molecule has 1 N–H and O–H groups in total. The number of hydrogen-bond acceptors (Lipinski definition) is 3. The quantitative estimate of drug-likeness (QED) is 0.836. The third-order valence-electron chi connectivity index (χ3n) is 5.66. The minimum absolute atomic E-state index is 0.732. The van der Waals surface area contributed by atoms with Crippen LogP contribution in [0, 0.1) is 11.8 Å². The summed E-state index contributed by atoms with van der Waals surface area (Å²) in [7, 11) is 0. The SMILES string of the molecule is CCNC(C1CCCC(C)C1)C1CN2CCN1CC2. The number of likely N-dealkylation sites (N-methyl/N-ethyl adjacent to an activating group) is 1. The topological polar surface area (TPSA) is 18.5 Å². The first-order valence-electron chi connectivity index (χ1n) is 8.47. The predicted molar refractivity (Wildman–Crippen MR) is 80.4 cm³/mol. The maximum Gasteiger partial charge on any atom is 0.0380 e. The van der Waals surface area contributed by atoms with Crippen LogP contribution in [0.15, 0.2) is 0 Å². The smallest absolute Gasteiger partial charge is 0.0380 e. The van der Waals surface area contributed by atoms with Gasteiger partial charge in [0.05, 0.1) is 0 Å². The van der Waals surface area contributed by atoms with Gasteiger partial charge in [-0.25, -0.2) is 0 Å². The van der Waals surface area contributed by atoms with Crippen LogP contribution in [0.1, 0.15) is 39.5 Å². The van der Waals surface area contributed by atoms with Crippen molar-refractivity contribution in [3.05, 3.63) is 0 Å². The molecular weight excluding hydrogens is 234 g/mol. The van der Waals surface area contributed by atoms with Crippen molar-refractivity contribution in [3.63, 3.8) is 0 Å². The van der Waals surface area contributed by atoms with Crippen LogP contribution in [0.5, 0.6) is 0 Å². The molecule has 4 fully saturated rings. The Hall–Kier alpha value is -0.120. The summed E-state index contributed by atoms with van der Waals surface area (Å²) < 4.78 is 0. The molecule has 0 aromatic rings. The minimum atomic E-state index is 0.732. The first-order valence-corrected chi connectivity index (χ1v) is 8.47. The maximum absolute atomic E-state index is 3.86. The van der Waals surface area contributed by atoms with Gasteiger partial charge >= 0.3 is 0 Å². The number of piperazine rings is 3. The van der Waals surface area contributed by atoms with E-state index in [1.807, 2.05) is 0 Å². The predicted octanol–water partition coefficient (Wildman–Crippen LogP) is 1.79. The zero-order valence-corrected chi connectivity index (χ0v) is 12.8. The van der Waals surface area contributed by atoms with E-state index >= 15 is 0 Å². The summed E-state index contributed by atoms with van der Waals surface area (Å²) in [6.45, 7) is 12.4. The van der Waals surface area contributed by atoms with Crippen molar-refractivity contribution in [2.45, 2.75) is 51.6 Å². The lowest BCUT2D eigenvalue weighted by atomic mass is 9.75. The van der Waals surface area contributed by atoms with E-state index in [9.17, 15) is 0 Å². The molecule has 3 heteroatoms. The third kappa shape index (κ3) is 2.98. The summed E-state index contributed by atoms with van der Waals surface area (Å²) in [5.74, 6) is 1.85. The van der Waals surface area contributed by atoms with Gasteiger partial charge in [-0.3, -0.25) is 9.80 Å². The van der Waals surface area contributed by atoms with E-state index < -0.39 is 0 Å². The van der Waals surface area contributed by atoms with Crippen LogP contribution in [0.4, 0.5) is 0 Å². The normalized spacial score (nSPS) is 44.2. The van der Waals surface area contributed by atoms with Gasteiger partial charge in [0.25, 0.3) is 0 Å². The fourth-order valence-electron chi connectivity index (χ4n) is 4.66. The van der Waals surface area contributed by atoms with E-state index in [0.29, 0.717) is 0 Å². The average molecular weight is 265 g/mol. The Morgan fingerprint density at radius 1 is 1.16 bits per heavy atom. The van der Waals surface area contributed by atoms with Crippen LogP contribution >= 0.6 is 0 Å². The molecule has 4 unspecified atom stereocenters. The van der Waals surface area contributed by atoms with Gasteiger partial charge in [0, 0.05) is 44.8 Å². The molecule has 0 aromatic heterocycles. The molecule has 3 nitrogen and oxygen atoms in total. The third-order valence-corrected chi connectivity index (χ3v) is 5.66. The highest BCUT2D eigenvalue weighted by Crippen LogP contribution is 2.34. The second kappa shape index (κ2) is 6.11. The average Bonchev–Trinajstić information content (AvgIpc) is 2.46. The highest BCUT2D eigenvalue weighted by molar-refractivity contribution is 4.98. The molecule has 0 spiro atoms. The lowest BCUT2D eigenvalue weighted by Crippen LogP contribution is -2.67. The second-order valence-electron chi connectivity index (χ2n) is 7.02. The summed E-state index contributed by atoms with van der Waals surface area (Å²) in [6, 6.07) is 1.51. The van der Waals surface area contributed by atoms with Crippen molar-refractivity contribution in [1.29, 1.82) is 0 Å². The van der Waals surface area contributed by atoms with Crippen LogP contribution in [-0.4, -0.2) is 61.2 Å². The van der Waals surface area contributed by atoms with Crippen molar-refractivity contribution in [2.75, 3.05) is 39.3 Å². The number of nitrogens with zero attached hydrogens (tertiary/aromatic N) is 2. The zero-order valence-electron chi connectivity index (χ0n) is 12.8. The Balaban J connectivity index is 1.69. The van der Waals surface area contributed by atoms with Crippen molar-refractivity contribution in [1.82, 2.24) is 15.1 Å². The van der Waals surface area contributed by atoms with Crippen molar-refractivity contribution >= 4 is 0 Å². The van der Waals surface area contributed by atoms with Crippen molar-refractivity contribution in [2.24, 2.45) is 11.8 Å². The second-order valence-corrected chi connectivity index (χ2v) is 7.02. The standard InChI is InChI=1S/C16H31N3/c1-3-17-16(14-6-4-5-13(2)11-14)15-12-18-7-9-19(15)10-8-18/h13-17H,3-12H2,1-2H3. The van der Waals surface area contributed by atoms with Gasteiger partial charge in [-0.15, -0.1) is 0 Å². The van der Waals surface area contributed by atoms with E-state index in [-0.39, 0.29) is 0 Å². The molecule has 3 saturated heterocycles. The van der Waals surface area contributed by atoms with E-state index in [1.54, 1.807) is 0 Å². The zero-order chi connectivity index (χ0) is 13.2. The fraction of sp³-hybridized carbons (Fsp3) is 1.00. The maximum atomic E-state index is 3.86.